The summed E-state index contributed by atoms with van der Waals surface area (Å²) in [7, 11) is 0. The van der Waals surface area contributed by atoms with E-state index in [1.165, 1.54) is 16.8 Å². The summed E-state index contributed by atoms with van der Waals surface area (Å²) in [6.07, 6.45) is 3.18. The van der Waals surface area contributed by atoms with Crippen molar-refractivity contribution in [1.82, 2.24) is 9.55 Å². The normalized spacial score (nSPS) is 10.5. The molecule has 0 saturated carbocycles. The van der Waals surface area contributed by atoms with Gasteiger partial charge in [-0.2, -0.15) is 0 Å². The molecular formula is C12H10ClFN2O. The number of nitrogens with zero attached hydrogens (tertiary/aromatic N) is 2. The van der Waals surface area contributed by atoms with E-state index in [1.54, 1.807) is 12.3 Å². The standard InChI is InChI=1S/C12H10ClFN2O/c13-6-9-3-4-10(15-7-9)8-16-5-1-2-11(14)12(16)17/h1-5,7H,6,8H2. The average molecular weight is 253 g/mol. The van der Waals surface area contributed by atoms with Gasteiger partial charge >= 0.3 is 0 Å². The van der Waals surface area contributed by atoms with E-state index in [9.17, 15) is 9.18 Å². The second kappa shape index (κ2) is 5.10. The summed E-state index contributed by atoms with van der Waals surface area (Å²) in [4.78, 5) is 15.6. The van der Waals surface area contributed by atoms with Crippen LogP contribution in [0.15, 0.2) is 41.5 Å². The van der Waals surface area contributed by atoms with Gasteiger partial charge in [0.2, 0.25) is 0 Å². The number of rotatable bonds is 3. The van der Waals surface area contributed by atoms with Crippen molar-refractivity contribution < 1.29 is 4.39 Å². The first kappa shape index (κ1) is 11.8. The van der Waals surface area contributed by atoms with Gasteiger partial charge in [-0.25, -0.2) is 4.39 Å². The fourth-order valence-corrected chi connectivity index (χ4v) is 1.59. The zero-order valence-corrected chi connectivity index (χ0v) is 9.69. The molecule has 2 aromatic rings. The Morgan fingerprint density at radius 2 is 2.18 bits per heavy atom. The number of hydrogen-bond acceptors (Lipinski definition) is 2. The maximum atomic E-state index is 13.0. The highest BCUT2D eigenvalue weighted by Crippen LogP contribution is 2.04. The molecule has 0 saturated heterocycles. The van der Waals surface area contributed by atoms with Gasteiger partial charge in [0, 0.05) is 18.3 Å². The predicted octanol–water partition coefficient (Wildman–Crippen LogP) is 2.17. The summed E-state index contributed by atoms with van der Waals surface area (Å²) in [6, 6.07) is 6.24. The third kappa shape index (κ3) is 2.71. The Kier molecular flexibility index (Phi) is 3.54. The van der Waals surface area contributed by atoms with E-state index in [4.69, 9.17) is 11.6 Å². The van der Waals surface area contributed by atoms with Crippen molar-refractivity contribution in [2.24, 2.45) is 0 Å². The molecule has 0 atom stereocenters. The summed E-state index contributed by atoms with van der Waals surface area (Å²) < 4.78 is 14.3. The predicted molar refractivity (Wildman–Crippen MR) is 63.6 cm³/mol. The lowest BCUT2D eigenvalue weighted by atomic mass is 10.2. The van der Waals surface area contributed by atoms with Gasteiger partial charge in [0.05, 0.1) is 12.2 Å². The second-order valence-corrected chi connectivity index (χ2v) is 3.85. The Labute approximate surface area is 102 Å². The van der Waals surface area contributed by atoms with Gasteiger partial charge in [-0.3, -0.25) is 9.78 Å². The molecule has 2 rings (SSSR count). The monoisotopic (exact) mass is 252 g/mol. The van der Waals surface area contributed by atoms with Gasteiger partial charge in [0.15, 0.2) is 5.82 Å². The van der Waals surface area contributed by atoms with E-state index in [-0.39, 0.29) is 6.54 Å². The molecule has 0 spiro atoms. The molecule has 0 aliphatic rings. The third-order valence-corrected chi connectivity index (χ3v) is 2.65. The second-order valence-electron chi connectivity index (χ2n) is 3.58. The lowest BCUT2D eigenvalue weighted by molar-refractivity contribution is 0.578. The summed E-state index contributed by atoms with van der Waals surface area (Å²) in [6.45, 7) is 0.249. The smallest absolute Gasteiger partial charge is 0.286 e. The summed E-state index contributed by atoms with van der Waals surface area (Å²) in [5.41, 5.74) is 0.948. The minimum Gasteiger partial charge on any atom is -0.307 e. The molecule has 0 aliphatic carbocycles. The van der Waals surface area contributed by atoms with Crippen LogP contribution in [-0.4, -0.2) is 9.55 Å². The highest BCUT2D eigenvalue weighted by Gasteiger charge is 2.03. The number of hydrogen-bond donors (Lipinski definition) is 0. The van der Waals surface area contributed by atoms with Crippen LogP contribution in [0.5, 0.6) is 0 Å². The van der Waals surface area contributed by atoms with Gasteiger partial charge in [0.25, 0.3) is 5.56 Å². The van der Waals surface area contributed by atoms with E-state index >= 15 is 0 Å². The molecule has 0 aliphatic heterocycles. The first-order valence-corrected chi connectivity index (χ1v) is 5.59. The Morgan fingerprint density at radius 1 is 1.35 bits per heavy atom. The van der Waals surface area contributed by atoms with Crippen LogP contribution in [0, 0.1) is 5.82 Å². The molecule has 0 bridgehead atoms. The molecular weight excluding hydrogens is 243 g/mol. The first-order chi connectivity index (χ1) is 8.20. The third-order valence-electron chi connectivity index (χ3n) is 2.35. The average Bonchev–Trinajstić information content (AvgIpc) is 2.36. The van der Waals surface area contributed by atoms with Crippen LogP contribution in [-0.2, 0) is 12.4 Å². The quantitative estimate of drug-likeness (QED) is 0.785. The molecule has 0 amide bonds. The van der Waals surface area contributed by atoms with Crippen molar-refractivity contribution in [3.63, 3.8) is 0 Å². The van der Waals surface area contributed by atoms with Gasteiger partial charge < -0.3 is 4.57 Å². The SMILES string of the molecule is O=c1c(F)cccn1Cc1ccc(CCl)cn1. The minimum absolute atomic E-state index is 0.249. The first-order valence-electron chi connectivity index (χ1n) is 5.05. The molecule has 0 aromatic carbocycles. The largest absolute Gasteiger partial charge is 0.307 e. The summed E-state index contributed by atoms with van der Waals surface area (Å²) >= 11 is 5.64. The summed E-state index contributed by atoms with van der Waals surface area (Å²) in [5.74, 6) is -0.363. The van der Waals surface area contributed by atoms with Crippen LogP contribution in [0.4, 0.5) is 4.39 Å². The molecule has 88 valence electrons. The van der Waals surface area contributed by atoms with E-state index < -0.39 is 11.4 Å². The number of pyridine rings is 2. The number of aromatic nitrogens is 2. The molecule has 2 heterocycles. The molecule has 0 unspecified atom stereocenters. The van der Waals surface area contributed by atoms with E-state index in [2.05, 4.69) is 4.98 Å². The van der Waals surface area contributed by atoms with E-state index in [0.717, 1.165) is 11.6 Å². The van der Waals surface area contributed by atoms with Crippen molar-refractivity contribution >= 4 is 11.6 Å². The topological polar surface area (TPSA) is 34.9 Å². The zero-order valence-electron chi connectivity index (χ0n) is 8.94. The molecule has 2 aromatic heterocycles. The summed E-state index contributed by atoms with van der Waals surface area (Å²) in [5, 5.41) is 0. The van der Waals surface area contributed by atoms with Crippen LogP contribution >= 0.6 is 11.6 Å². The van der Waals surface area contributed by atoms with Crippen molar-refractivity contribution in [2.75, 3.05) is 0 Å². The number of alkyl halides is 1. The van der Waals surface area contributed by atoms with Gasteiger partial charge in [-0.1, -0.05) is 6.07 Å². The maximum absolute atomic E-state index is 13.0. The lowest BCUT2D eigenvalue weighted by Crippen LogP contribution is -2.22. The fraction of sp³-hybridized carbons (Fsp3) is 0.167. The highest BCUT2D eigenvalue weighted by molar-refractivity contribution is 6.17. The highest BCUT2D eigenvalue weighted by atomic mass is 35.5. The van der Waals surface area contributed by atoms with Crippen LogP contribution in [0.3, 0.4) is 0 Å². The van der Waals surface area contributed by atoms with Crippen LogP contribution in [0.25, 0.3) is 0 Å². The molecule has 5 heteroatoms. The zero-order chi connectivity index (χ0) is 12.3. The molecule has 0 radical (unpaired) electrons. The van der Waals surface area contributed by atoms with Crippen molar-refractivity contribution in [1.29, 1.82) is 0 Å². The minimum atomic E-state index is -0.759. The van der Waals surface area contributed by atoms with Gasteiger partial charge in [-0.05, 0) is 23.8 Å². The Morgan fingerprint density at radius 3 is 2.82 bits per heavy atom. The number of halogens is 2. The Balaban J connectivity index is 2.25. The van der Waals surface area contributed by atoms with Crippen molar-refractivity contribution in [3.8, 4) is 0 Å². The van der Waals surface area contributed by atoms with Crippen molar-refractivity contribution in [2.45, 2.75) is 12.4 Å². The van der Waals surface area contributed by atoms with E-state index in [1.807, 2.05) is 6.07 Å². The van der Waals surface area contributed by atoms with Crippen LogP contribution in [0.1, 0.15) is 11.3 Å². The lowest BCUT2D eigenvalue weighted by Gasteiger charge is -2.05. The molecule has 3 nitrogen and oxygen atoms in total. The Bertz CT molecular complexity index is 565. The van der Waals surface area contributed by atoms with Crippen LogP contribution < -0.4 is 5.56 Å². The molecule has 17 heavy (non-hydrogen) atoms. The van der Waals surface area contributed by atoms with E-state index in [0.29, 0.717) is 11.6 Å². The fourth-order valence-electron chi connectivity index (χ4n) is 1.43. The Hall–Kier alpha value is -1.68. The maximum Gasteiger partial charge on any atom is 0.286 e. The van der Waals surface area contributed by atoms with Gasteiger partial charge in [0.1, 0.15) is 0 Å². The molecule has 0 N–H and O–H groups in total. The molecule has 0 fully saturated rings. The van der Waals surface area contributed by atoms with Crippen molar-refractivity contribution in [3.05, 3.63) is 64.1 Å². The van der Waals surface area contributed by atoms with Crippen LogP contribution in [0.2, 0.25) is 0 Å². The van der Waals surface area contributed by atoms with Gasteiger partial charge in [-0.15, -0.1) is 11.6 Å².